The highest BCUT2D eigenvalue weighted by Gasteiger charge is 2.26. The number of aromatic nitrogens is 2. The zero-order valence-corrected chi connectivity index (χ0v) is 24.4. The lowest BCUT2D eigenvalue weighted by Crippen LogP contribution is -2.42. The summed E-state index contributed by atoms with van der Waals surface area (Å²) in [4.78, 5) is 43.2. The Morgan fingerprint density at radius 2 is 1.77 bits per heavy atom. The predicted molar refractivity (Wildman–Crippen MR) is 161 cm³/mol. The van der Waals surface area contributed by atoms with E-state index >= 15 is 0 Å². The molecule has 0 aliphatic heterocycles. The Hall–Kier alpha value is -3.72. The Labute approximate surface area is 247 Å². The summed E-state index contributed by atoms with van der Waals surface area (Å²) < 4.78 is 2.52. The second-order valence-electron chi connectivity index (χ2n) is 9.36. The van der Waals surface area contributed by atoms with Crippen LogP contribution in [-0.2, 0) is 18.3 Å². The van der Waals surface area contributed by atoms with Crippen molar-refractivity contribution in [2.24, 2.45) is 7.05 Å². The molecule has 1 atom stereocenters. The number of carboxylic acid groups (broad SMARTS) is 1. The molecule has 1 amide bonds. The predicted octanol–water partition coefficient (Wildman–Crippen LogP) is 6.56. The molecule has 0 saturated carbocycles. The number of nitrogens with one attached hydrogen (secondary N) is 1. The van der Waals surface area contributed by atoms with Gasteiger partial charge in [0.1, 0.15) is 6.04 Å². The van der Waals surface area contributed by atoms with Crippen LogP contribution in [-0.4, -0.2) is 32.6 Å². The first-order valence-corrected chi connectivity index (χ1v) is 13.8. The third-order valence-corrected chi connectivity index (χ3v) is 8.08. The van der Waals surface area contributed by atoms with E-state index in [-0.39, 0.29) is 27.6 Å². The summed E-state index contributed by atoms with van der Waals surface area (Å²) in [6.07, 6.45) is 1.55. The van der Waals surface area contributed by atoms with E-state index in [1.807, 2.05) is 31.2 Å². The van der Waals surface area contributed by atoms with E-state index in [4.69, 9.17) is 23.2 Å². The largest absolute Gasteiger partial charge is 0.480 e. The Bertz CT molecular complexity index is 1880. The Balaban J connectivity index is 1.60. The minimum absolute atomic E-state index is 0.00433. The fourth-order valence-electron chi connectivity index (χ4n) is 4.97. The van der Waals surface area contributed by atoms with Gasteiger partial charge in [-0.15, -0.1) is 0 Å². The zero-order valence-electron chi connectivity index (χ0n) is 21.3. The first kappa shape index (κ1) is 27.8. The van der Waals surface area contributed by atoms with Gasteiger partial charge >= 0.3 is 5.97 Å². The van der Waals surface area contributed by atoms with E-state index in [9.17, 15) is 19.5 Å². The summed E-state index contributed by atoms with van der Waals surface area (Å²) in [5.41, 5.74) is 3.83. The highest BCUT2D eigenvalue weighted by Crippen LogP contribution is 2.34. The molecule has 0 bridgehead atoms. The number of carboxylic acids is 1. The number of rotatable bonds is 6. The van der Waals surface area contributed by atoms with Gasteiger partial charge in [0.15, 0.2) is 0 Å². The number of amides is 1. The average Bonchev–Trinajstić information content (AvgIpc) is 2.92. The highest BCUT2D eigenvalue weighted by molar-refractivity contribution is 9.10. The van der Waals surface area contributed by atoms with Crippen LogP contribution in [0.25, 0.3) is 32.9 Å². The number of fused-ring (bicyclic) bond motifs is 2. The number of hydrogen-bond donors (Lipinski definition) is 2. The molecule has 2 N–H and O–H groups in total. The maximum atomic E-state index is 13.6. The monoisotopic (exact) mass is 637 g/mol. The third-order valence-electron chi connectivity index (χ3n) is 6.96. The van der Waals surface area contributed by atoms with Crippen LogP contribution in [0, 0.1) is 6.92 Å². The number of carbonyl (C=O) groups excluding carboxylic acids is 1. The Morgan fingerprint density at radius 3 is 2.48 bits per heavy atom. The molecule has 0 saturated heterocycles. The van der Waals surface area contributed by atoms with Crippen molar-refractivity contribution in [3.05, 3.63) is 108 Å². The van der Waals surface area contributed by atoms with Crippen molar-refractivity contribution >= 4 is 72.8 Å². The SMILES string of the molecule is Cc1c(-c2ccc(C[C@H](NC(=O)c3c(Cl)cccc3Cl)C(=O)O)c3ncccc23)c(=O)n(C)c2ccc(Br)cc12. The van der Waals surface area contributed by atoms with Crippen LogP contribution in [0.15, 0.2) is 76.1 Å². The molecule has 40 heavy (non-hydrogen) atoms. The molecule has 2 aromatic heterocycles. The van der Waals surface area contributed by atoms with Gasteiger partial charge in [-0.3, -0.25) is 14.6 Å². The third kappa shape index (κ3) is 4.98. The topological polar surface area (TPSA) is 101 Å². The van der Waals surface area contributed by atoms with Crippen molar-refractivity contribution < 1.29 is 14.7 Å². The van der Waals surface area contributed by atoms with Crippen molar-refractivity contribution in [2.75, 3.05) is 0 Å². The molecule has 0 spiro atoms. The van der Waals surface area contributed by atoms with Crippen molar-refractivity contribution in [1.29, 1.82) is 0 Å². The molecule has 0 fully saturated rings. The molecular formula is C30H22BrCl2N3O4. The second kappa shape index (κ2) is 11.0. The van der Waals surface area contributed by atoms with Gasteiger partial charge in [0.05, 0.1) is 32.2 Å². The molecule has 7 nitrogen and oxygen atoms in total. The van der Waals surface area contributed by atoms with Crippen molar-refractivity contribution in [1.82, 2.24) is 14.9 Å². The number of halogens is 3. The molecule has 5 rings (SSSR count). The van der Waals surface area contributed by atoms with Crippen LogP contribution in [0.3, 0.4) is 0 Å². The van der Waals surface area contributed by atoms with E-state index in [0.29, 0.717) is 27.6 Å². The molecular weight excluding hydrogens is 617 g/mol. The quantitative estimate of drug-likeness (QED) is 0.219. The van der Waals surface area contributed by atoms with E-state index in [1.54, 1.807) is 42.1 Å². The number of hydrogen-bond acceptors (Lipinski definition) is 4. The number of nitrogens with zero attached hydrogens (tertiary/aromatic N) is 2. The van der Waals surface area contributed by atoms with Crippen LogP contribution in [0.5, 0.6) is 0 Å². The first-order chi connectivity index (χ1) is 19.1. The minimum atomic E-state index is -1.29. The number of aliphatic carboxylic acids is 1. The normalized spacial score (nSPS) is 12.0. The summed E-state index contributed by atoms with van der Waals surface area (Å²) in [5.74, 6) is -1.92. The summed E-state index contributed by atoms with van der Waals surface area (Å²) in [5, 5.41) is 14.3. The summed E-state index contributed by atoms with van der Waals surface area (Å²) >= 11 is 15.8. The van der Waals surface area contributed by atoms with Crippen LogP contribution >= 0.6 is 39.1 Å². The second-order valence-corrected chi connectivity index (χ2v) is 11.1. The van der Waals surface area contributed by atoms with Crippen molar-refractivity contribution in [3.63, 3.8) is 0 Å². The van der Waals surface area contributed by atoms with E-state index < -0.39 is 17.9 Å². The van der Waals surface area contributed by atoms with Crippen LogP contribution in [0.1, 0.15) is 21.5 Å². The lowest BCUT2D eigenvalue weighted by Gasteiger charge is -2.18. The van der Waals surface area contributed by atoms with Gasteiger partial charge in [0.2, 0.25) is 0 Å². The van der Waals surface area contributed by atoms with Crippen molar-refractivity contribution in [3.8, 4) is 11.1 Å². The molecule has 3 aromatic carbocycles. The number of carbonyl (C=O) groups is 2. The standard InChI is InChI=1S/C30H22BrCl2N3O4/c1-15-20-14-17(31)9-11-24(20)36(2)29(38)25(15)18-10-8-16(27-19(18)5-4-12-34-27)13-23(30(39)40)35-28(37)26-21(32)6-3-7-22(26)33/h3-12,14,23H,13H2,1-2H3,(H,35,37)(H,39,40)/t23-/m0/s1. The van der Waals surface area contributed by atoms with Gasteiger partial charge in [0, 0.05) is 34.9 Å². The molecule has 10 heteroatoms. The molecule has 0 aliphatic rings. The van der Waals surface area contributed by atoms with Gasteiger partial charge in [-0.25, -0.2) is 4.79 Å². The van der Waals surface area contributed by atoms with Gasteiger partial charge in [0.25, 0.3) is 11.5 Å². The minimum Gasteiger partial charge on any atom is -0.480 e. The lowest BCUT2D eigenvalue weighted by molar-refractivity contribution is -0.139. The fraction of sp³-hybridized carbons (Fsp3) is 0.133. The average molecular weight is 639 g/mol. The van der Waals surface area contributed by atoms with Crippen LogP contribution in [0.2, 0.25) is 10.0 Å². The van der Waals surface area contributed by atoms with Gasteiger partial charge < -0.3 is 15.0 Å². The Kier molecular flexibility index (Phi) is 7.68. The Morgan fingerprint density at radius 1 is 1.05 bits per heavy atom. The van der Waals surface area contributed by atoms with Crippen molar-refractivity contribution in [2.45, 2.75) is 19.4 Å². The molecule has 0 radical (unpaired) electrons. The number of pyridine rings is 2. The number of aryl methyl sites for hydroxylation is 2. The highest BCUT2D eigenvalue weighted by atomic mass is 79.9. The van der Waals surface area contributed by atoms with E-state index in [1.165, 1.54) is 12.1 Å². The fourth-order valence-corrected chi connectivity index (χ4v) is 5.90. The molecule has 0 aliphatic carbocycles. The molecule has 0 unspecified atom stereocenters. The van der Waals surface area contributed by atoms with E-state index in [0.717, 1.165) is 20.9 Å². The summed E-state index contributed by atoms with van der Waals surface area (Å²) in [6, 6.07) is 16.3. The smallest absolute Gasteiger partial charge is 0.326 e. The summed E-state index contributed by atoms with van der Waals surface area (Å²) in [7, 11) is 1.74. The van der Waals surface area contributed by atoms with Gasteiger partial charge in [-0.05, 0) is 60.0 Å². The van der Waals surface area contributed by atoms with Crippen LogP contribution < -0.4 is 10.9 Å². The van der Waals surface area contributed by atoms with Gasteiger partial charge in [-0.1, -0.05) is 63.4 Å². The van der Waals surface area contributed by atoms with Crippen LogP contribution in [0.4, 0.5) is 0 Å². The van der Waals surface area contributed by atoms with E-state index in [2.05, 4.69) is 26.2 Å². The molecule has 5 aromatic rings. The first-order valence-electron chi connectivity index (χ1n) is 12.2. The maximum Gasteiger partial charge on any atom is 0.326 e. The zero-order chi connectivity index (χ0) is 28.7. The molecule has 2 heterocycles. The molecule has 202 valence electrons. The van der Waals surface area contributed by atoms with Gasteiger partial charge in [-0.2, -0.15) is 0 Å². The maximum absolute atomic E-state index is 13.6. The lowest BCUT2D eigenvalue weighted by atomic mass is 9.92. The summed E-state index contributed by atoms with van der Waals surface area (Å²) in [6.45, 7) is 1.91. The number of benzene rings is 3.